The summed E-state index contributed by atoms with van der Waals surface area (Å²) in [5.74, 6) is 2.54. The fourth-order valence-electron chi connectivity index (χ4n) is 3.67. The summed E-state index contributed by atoms with van der Waals surface area (Å²) in [5.41, 5.74) is 2.52. The summed E-state index contributed by atoms with van der Waals surface area (Å²) in [5, 5.41) is 3.52. The molecule has 1 aromatic heterocycles. The van der Waals surface area contributed by atoms with Crippen molar-refractivity contribution in [3.05, 3.63) is 53.6 Å². The maximum absolute atomic E-state index is 5.70. The minimum atomic E-state index is 0. The lowest BCUT2D eigenvalue weighted by molar-refractivity contribution is 0.0536. The Kier molecular flexibility index (Phi) is 10.6. The molecule has 0 aliphatic carbocycles. The number of halogens is 1. The first-order valence-electron chi connectivity index (χ1n) is 10.3. The van der Waals surface area contributed by atoms with Crippen molar-refractivity contribution in [2.75, 3.05) is 47.1 Å². The van der Waals surface area contributed by atoms with E-state index in [9.17, 15) is 0 Å². The van der Waals surface area contributed by atoms with Crippen LogP contribution in [0.3, 0.4) is 0 Å². The Morgan fingerprint density at radius 1 is 1.30 bits per heavy atom. The molecule has 1 aromatic carbocycles. The van der Waals surface area contributed by atoms with Crippen LogP contribution in [-0.4, -0.2) is 67.5 Å². The van der Waals surface area contributed by atoms with Crippen LogP contribution in [-0.2, 0) is 22.6 Å². The van der Waals surface area contributed by atoms with Crippen LogP contribution < -0.4 is 5.32 Å². The predicted octanol–water partition coefficient (Wildman–Crippen LogP) is 2.92. The topological polar surface area (TPSA) is 63.9 Å². The fraction of sp³-hybridized carbons (Fsp3) is 0.545. The van der Waals surface area contributed by atoms with Crippen LogP contribution in [0.2, 0.25) is 0 Å². The molecule has 0 saturated carbocycles. The van der Waals surface area contributed by atoms with Gasteiger partial charge in [-0.05, 0) is 24.5 Å². The van der Waals surface area contributed by atoms with Crippen molar-refractivity contribution < 1.29 is 9.47 Å². The number of aromatic nitrogens is 2. The predicted molar refractivity (Wildman–Crippen MR) is 130 cm³/mol. The first-order chi connectivity index (χ1) is 14.2. The van der Waals surface area contributed by atoms with Crippen LogP contribution in [0.4, 0.5) is 0 Å². The van der Waals surface area contributed by atoms with E-state index < -0.39 is 0 Å². The van der Waals surface area contributed by atoms with E-state index in [1.807, 2.05) is 26.4 Å². The van der Waals surface area contributed by atoms with Gasteiger partial charge in [0.15, 0.2) is 5.96 Å². The molecule has 3 rings (SSSR count). The number of aliphatic imine (C=N–C) groups is 1. The highest BCUT2D eigenvalue weighted by atomic mass is 127. The van der Waals surface area contributed by atoms with E-state index in [-0.39, 0.29) is 24.0 Å². The SMILES string of the molecule is CN=C(NCc1cccc(Cn2ccnc2C)c1)N1CCC(COCCOC)C1.I. The van der Waals surface area contributed by atoms with Crippen molar-refractivity contribution in [3.8, 4) is 0 Å². The lowest BCUT2D eigenvalue weighted by atomic mass is 10.1. The van der Waals surface area contributed by atoms with Crippen molar-refractivity contribution in [2.24, 2.45) is 10.9 Å². The van der Waals surface area contributed by atoms with Gasteiger partial charge in [-0.15, -0.1) is 24.0 Å². The van der Waals surface area contributed by atoms with Crippen molar-refractivity contribution >= 4 is 29.9 Å². The number of benzene rings is 1. The average Bonchev–Trinajstić information content (AvgIpc) is 3.36. The van der Waals surface area contributed by atoms with E-state index in [4.69, 9.17) is 9.47 Å². The molecule has 1 unspecified atom stereocenters. The zero-order chi connectivity index (χ0) is 20.5. The van der Waals surface area contributed by atoms with Crippen molar-refractivity contribution in [3.63, 3.8) is 0 Å². The van der Waals surface area contributed by atoms with Gasteiger partial charge in [-0.25, -0.2) is 4.98 Å². The minimum absolute atomic E-state index is 0. The molecule has 0 bridgehead atoms. The van der Waals surface area contributed by atoms with E-state index in [1.165, 1.54) is 11.1 Å². The number of nitrogens with one attached hydrogen (secondary N) is 1. The van der Waals surface area contributed by atoms with Crippen molar-refractivity contribution in [1.82, 2.24) is 19.8 Å². The molecular formula is C22H34IN5O2. The molecular weight excluding hydrogens is 493 g/mol. The third kappa shape index (κ3) is 7.24. The molecule has 30 heavy (non-hydrogen) atoms. The molecule has 1 fully saturated rings. The Hall–Kier alpha value is -1.65. The van der Waals surface area contributed by atoms with Crippen LogP contribution in [0.5, 0.6) is 0 Å². The van der Waals surface area contributed by atoms with Crippen LogP contribution >= 0.6 is 24.0 Å². The summed E-state index contributed by atoms with van der Waals surface area (Å²) in [6.07, 6.45) is 5.00. The minimum Gasteiger partial charge on any atom is -0.382 e. The number of rotatable bonds is 9. The molecule has 2 aromatic rings. The smallest absolute Gasteiger partial charge is 0.193 e. The summed E-state index contributed by atoms with van der Waals surface area (Å²) in [7, 11) is 3.55. The molecule has 8 heteroatoms. The summed E-state index contributed by atoms with van der Waals surface area (Å²) < 4.78 is 12.9. The number of nitrogens with zero attached hydrogens (tertiary/aromatic N) is 4. The maximum Gasteiger partial charge on any atom is 0.193 e. The summed E-state index contributed by atoms with van der Waals surface area (Å²) in [6.45, 7) is 7.71. The summed E-state index contributed by atoms with van der Waals surface area (Å²) in [4.78, 5) is 11.1. The van der Waals surface area contributed by atoms with E-state index in [1.54, 1.807) is 7.11 Å². The molecule has 0 amide bonds. The second-order valence-corrected chi connectivity index (χ2v) is 7.49. The normalized spacial score (nSPS) is 16.6. The fourth-order valence-corrected chi connectivity index (χ4v) is 3.67. The molecule has 1 N–H and O–H groups in total. The summed E-state index contributed by atoms with van der Waals surface area (Å²) in [6, 6.07) is 8.67. The molecule has 1 saturated heterocycles. The van der Waals surface area contributed by atoms with Gasteiger partial charge in [0.05, 0.1) is 19.8 Å². The number of guanidine groups is 1. The molecule has 0 spiro atoms. The summed E-state index contributed by atoms with van der Waals surface area (Å²) >= 11 is 0. The van der Waals surface area contributed by atoms with Gasteiger partial charge in [0.1, 0.15) is 5.82 Å². The first kappa shape index (κ1) is 24.6. The average molecular weight is 527 g/mol. The molecule has 1 atom stereocenters. The third-order valence-corrected chi connectivity index (χ3v) is 5.30. The van der Waals surface area contributed by atoms with E-state index in [0.29, 0.717) is 19.1 Å². The number of hydrogen-bond donors (Lipinski definition) is 1. The second kappa shape index (κ2) is 12.9. The number of ether oxygens (including phenoxy) is 2. The number of hydrogen-bond acceptors (Lipinski definition) is 4. The lowest BCUT2D eigenvalue weighted by Gasteiger charge is -2.22. The van der Waals surface area contributed by atoms with Gasteiger partial charge in [0.2, 0.25) is 0 Å². The molecule has 0 radical (unpaired) electrons. The maximum atomic E-state index is 5.70. The highest BCUT2D eigenvalue weighted by Crippen LogP contribution is 2.17. The van der Waals surface area contributed by atoms with Crippen LogP contribution in [0.15, 0.2) is 41.7 Å². The molecule has 166 valence electrons. The van der Waals surface area contributed by atoms with Crippen molar-refractivity contribution in [2.45, 2.75) is 26.4 Å². The Morgan fingerprint density at radius 2 is 2.13 bits per heavy atom. The highest BCUT2D eigenvalue weighted by Gasteiger charge is 2.24. The number of likely N-dealkylation sites (tertiary alicyclic amines) is 1. The molecule has 2 heterocycles. The zero-order valence-corrected chi connectivity index (χ0v) is 20.5. The number of methoxy groups -OCH3 is 1. The Labute approximate surface area is 196 Å². The lowest BCUT2D eigenvalue weighted by Crippen LogP contribution is -2.39. The Balaban J connectivity index is 0.00000320. The van der Waals surface area contributed by atoms with Gasteiger partial charge in [-0.3, -0.25) is 4.99 Å². The second-order valence-electron chi connectivity index (χ2n) is 7.49. The van der Waals surface area contributed by atoms with Crippen LogP contribution in [0.1, 0.15) is 23.4 Å². The monoisotopic (exact) mass is 527 g/mol. The standard InChI is InChI=1S/C22H33N5O2.HI/c1-18-24-8-10-26(18)15-20-6-4-5-19(13-20)14-25-22(23-2)27-9-7-21(16-27)17-29-12-11-28-3;/h4-6,8,10,13,21H,7,9,11-12,14-17H2,1-3H3,(H,23,25);1H. The highest BCUT2D eigenvalue weighted by molar-refractivity contribution is 14.0. The van der Waals surface area contributed by atoms with Gasteiger partial charge >= 0.3 is 0 Å². The van der Waals surface area contributed by atoms with E-state index in [2.05, 4.69) is 49.0 Å². The largest absolute Gasteiger partial charge is 0.382 e. The van der Waals surface area contributed by atoms with Crippen LogP contribution in [0.25, 0.3) is 0 Å². The van der Waals surface area contributed by atoms with Gasteiger partial charge in [0.25, 0.3) is 0 Å². The molecule has 7 nitrogen and oxygen atoms in total. The first-order valence-corrected chi connectivity index (χ1v) is 10.3. The van der Waals surface area contributed by atoms with Gasteiger partial charge in [0, 0.05) is 58.6 Å². The van der Waals surface area contributed by atoms with E-state index in [0.717, 1.165) is 51.0 Å². The molecule has 1 aliphatic rings. The third-order valence-electron chi connectivity index (χ3n) is 5.30. The Morgan fingerprint density at radius 3 is 2.87 bits per heavy atom. The number of aryl methyl sites for hydroxylation is 1. The van der Waals surface area contributed by atoms with E-state index >= 15 is 0 Å². The number of imidazole rings is 1. The molecule has 1 aliphatic heterocycles. The van der Waals surface area contributed by atoms with Crippen LogP contribution in [0, 0.1) is 12.8 Å². The quantitative estimate of drug-likeness (QED) is 0.235. The van der Waals surface area contributed by atoms with Gasteiger partial charge in [-0.1, -0.05) is 24.3 Å². The van der Waals surface area contributed by atoms with Crippen molar-refractivity contribution in [1.29, 1.82) is 0 Å². The Bertz CT molecular complexity index is 795. The van der Waals surface area contributed by atoms with Gasteiger partial charge < -0.3 is 24.3 Å². The van der Waals surface area contributed by atoms with Gasteiger partial charge in [-0.2, -0.15) is 0 Å². The zero-order valence-electron chi connectivity index (χ0n) is 18.2.